The zero-order chi connectivity index (χ0) is 20.7. The zero-order valence-corrected chi connectivity index (χ0v) is 17.1. The number of carbonyl (C=O) groups is 1. The smallest absolute Gasteiger partial charge is 0.408 e. The molecule has 0 spiro atoms. The summed E-state index contributed by atoms with van der Waals surface area (Å²) in [4.78, 5) is 31.0. The van der Waals surface area contributed by atoms with Crippen molar-refractivity contribution in [3.8, 4) is 0 Å². The van der Waals surface area contributed by atoms with E-state index in [-0.39, 0.29) is 18.5 Å². The van der Waals surface area contributed by atoms with Crippen molar-refractivity contribution in [2.75, 3.05) is 36.4 Å². The van der Waals surface area contributed by atoms with Crippen LogP contribution in [0.25, 0.3) is 11.1 Å². The summed E-state index contributed by atoms with van der Waals surface area (Å²) in [6.45, 7) is 4.71. The number of amides is 1. The number of piperazine rings is 1. The molecular formula is C23H26N4O3. The van der Waals surface area contributed by atoms with Gasteiger partial charge in [0, 0.05) is 43.1 Å². The lowest BCUT2D eigenvalue weighted by Gasteiger charge is -2.41. The number of aryl methyl sites for hydroxylation is 2. The summed E-state index contributed by atoms with van der Waals surface area (Å²) in [5.74, 6) is -0.403. The molecule has 1 aliphatic carbocycles. The molecular weight excluding hydrogens is 380 g/mol. The molecule has 30 heavy (non-hydrogen) atoms. The predicted octanol–water partition coefficient (Wildman–Crippen LogP) is 2.76. The highest BCUT2D eigenvalue weighted by atomic mass is 16.4. The highest BCUT2D eigenvalue weighted by molar-refractivity contribution is 5.83. The largest absolute Gasteiger partial charge is 0.417 e. The van der Waals surface area contributed by atoms with Crippen molar-refractivity contribution < 1.29 is 9.21 Å². The van der Waals surface area contributed by atoms with Gasteiger partial charge < -0.3 is 19.5 Å². The van der Waals surface area contributed by atoms with Crippen molar-refractivity contribution in [2.24, 2.45) is 0 Å². The molecule has 2 aliphatic rings. The van der Waals surface area contributed by atoms with Crippen LogP contribution in [0.2, 0.25) is 0 Å². The Morgan fingerprint density at radius 3 is 2.90 bits per heavy atom. The highest BCUT2D eigenvalue weighted by Crippen LogP contribution is 2.28. The Morgan fingerprint density at radius 1 is 1.17 bits per heavy atom. The normalized spacial score (nSPS) is 18.6. The molecule has 2 N–H and O–H groups in total. The number of benzene rings is 2. The van der Waals surface area contributed by atoms with Crippen LogP contribution in [0.4, 0.5) is 11.4 Å². The Morgan fingerprint density at radius 2 is 2.03 bits per heavy atom. The van der Waals surface area contributed by atoms with E-state index >= 15 is 0 Å². The first-order valence-corrected chi connectivity index (χ1v) is 10.6. The molecule has 1 atom stereocenters. The molecule has 0 unspecified atom stereocenters. The Kier molecular flexibility index (Phi) is 4.73. The third kappa shape index (κ3) is 3.56. The molecule has 1 fully saturated rings. The molecule has 2 aromatic carbocycles. The molecule has 0 bridgehead atoms. The lowest BCUT2D eigenvalue weighted by molar-refractivity contribution is -0.131. The maximum atomic E-state index is 12.8. The van der Waals surface area contributed by atoms with Gasteiger partial charge in [0.25, 0.3) is 0 Å². The van der Waals surface area contributed by atoms with Gasteiger partial charge in [-0.2, -0.15) is 0 Å². The van der Waals surface area contributed by atoms with Crippen molar-refractivity contribution in [1.29, 1.82) is 0 Å². The average molecular weight is 406 g/mol. The van der Waals surface area contributed by atoms with Gasteiger partial charge in [0.2, 0.25) is 5.91 Å². The number of carbonyl (C=O) groups excluding carboxylic acids is 1. The Labute approximate surface area is 174 Å². The number of aromatic nitrogens is 1. The standard InChI is InChI=1S/C23H26N4O3/c1-15-14-26(19-7-5-16-3-2-4-17(16)11-19)9-10-27(15)22(28)13-24-18-6-8-20-21(12-18)30-23(29)25-20/h5-8,11-12,15,24H,2-4,9-10,13-14H2,1H3,(H,25,29)/t15-/m1/s1. The molecule has 2 heterocycles. The van der Waals surface area contributed by atoms with Gasteiger partial charge in [-0.05, 0) is 61.6 Å². The van der Waals surface area contributed by atoms with Crippen LogP contribution in [0.15, 0.2) is 45.6 Å². The van der Waals surface area contributed by atoms with Gasteiger partial charge >= 0.3 is 5.76 Å². The van der Waals surface area contributed by atoms with E-state index in [0.717, 1.165) is 18.8 Å². The van der Waals surface area contributed by atoms with Crippen LogP contribution < -0.4 is 16.0 Å². The van der Waals surface area contributed by atoms with E-state index in [2.05, 4.69) is 40.3 Å². The topological polar surface area (TPSA) is 81.6 Å². The van der Waals surface area contributed by atoms with Gasteiger partial charge in [-0.1, -0.05) is 6.07 Å². The molecule has 156 valence electrons. The molecule has 0 saturated carbocycles. The summed E-state index contributed by atoms with van der Waals surface area (Å²) >= 11 is 0. The van der Waals surface area contributed by atoms with Crippen LogP contribution in [0.5, 0.6) is 0 Å². The fourth-order valence-corrected chi connectivity index (χ4v) is 4.65. The summed E-state index contributed by atoms with van der Waals surface area (Å²) in [6, 6.07) is 12.3. The van der Waals surface area contributed by atoms with Crippen LogP contribution in [-0.2, 0) is 17.6 Å². The van der Waals surface area contributed by atoms with Crippen LogP contribution in [0, 0.1) is 0 Å². The summed E-state index contributed by atoms with van der Waals surface area (Å²) in [6.07, 6.45) is 3.64. The minimum atomic E-state index is -0.478. The fraction of sp³-hybridized carbons (Fsp3) is 0.391. The van der Waals surface area contributed by atoms with E-state index in [0.29, 0.717) is 17.6 Å². The van der Waals surface area contributed by atoms with E-state index in [1.54, 1.807) is 12.1 Å². The van der Waals surface area contributed by atoms with Crippen molar-refractivity contribution in [3.63, 3.8) is 0 Å². The van der Waals surface area contributed by atoms with Gasteiger partial charge in [-0.25, -0.2) is 4.79 Å². The second-order valence-corrected chi connectivity index (χ2v) is 8.27. The van der Waals surface area contributed by atoms with E-state index in [1.807, 2.05) is 11.0 Å². The summed E-state index contributed by atoms with van der Waals surface area (Å²) in [5, 5.41) is 3.15. The minimum absolute atomic E-state index is 0.0757. The summed E-state index contributed by atoms with van der Waals surface area (Å²) < 4.78 is 5.08. The number of nitrogens with zero attached hydrogens (tertiary/aromatic N) is 2. The molecule has 0 radical (unpaired) electrons. The molecule has 1 amide bonds. The van der Waals surface area contributed by atoms with E-state index in [9.17, 15) is 9.59 Å². The number of anilines is 2. The minimum Gasteiger partial charge on any atom is -0.408 e. The van der Waals surface area contributed by atoms with Gasteiger partial charge in [-0.15, -0.1) is 0 Å². The van der Waals surface area contributed by atoms with Gasteiger partial charge in [0.05, 0.1) is 12.1 Å². The fourth-order valence-electron chi connectivity index (χ4n) is 4.65. The van der Waals surface area contributed by atoms with E-state index in [4.69, 9.17) is 4.42 Å². The van der Waals surface area contributed by atoms with E-state index in [1.165, 1.54) is 36.1 Å². The monoisotopic (exact) mass is 406 g/mol. The first kappa shape index (κ1) is 18.8. The van der Waals surface area contributed by atoms with Gasteiger partial charge in [0.1, 0.15) is 0 Å². The highest BCUT2D eigenvalue weighted by Gasteiger charge is 2.27. The average Bonchev–Trinajstić information content (AvgIpc) is 3.36. The van der Waals surface area contributed by atoms with Crippen molar-refractivity contribution in [2.45, 2.75) is 32.2 Å². The number of hydrogen-bond donors (Lipinski definition) is 2. The van der Waals surface area contributed by atoms with E-state index < -0.39 is 5.76 Å². The number of rotatable bonds is 4. The maximum absolute atomic E-state index is 12.8. The van der Waals surface area contributed by atoms with Gasteiger partial charge in [0.15, 0.2) is 5.58 Å². The first-order chi connectivity index (χ1) is 14.6. The van der Waals surface area contributed by atoms with Crippen LogP contribution in [0.1, 0.15) is 24.5 Å². The summed E-state index contributed by atoms with van der Waals surface area (Å²) in [5.41, 5.74) is 6.13. The second-order valence-electron chi connectivity index (χ2n) is 8.27. The molecule has 1 aliphatic heterocycles. The first-order valence-electron chi connectivity index (χ1n) is 10.6. The van der Waals surface area contributed by atoms with Crippen LogP contribution in [0.3, 0.4) is 0 Å². The molecule has 1 saturated heterocycles. The lowest BCUT2D eigenvalue weighted by Crippen LogP contribution is -2.55. The zero-order valence-electron chi connectivity index (χ0n) is 17.1. The summed E-state index contributed by atoms with van der Waals surface area (Å²) in [7, 11) is 0. The SMILES string of the molecule is C[C@@H]1CN(c2ccc3c(c2)CCC3)CCN1C(=O)CNc1ccc2[nH]c(=O)oc2c1. The Hall–Kier alpha value is -3.22. The predicted molar refractivity (Wildman–Crippen MR) is 117 cm³/mol. The maximum Gasteiger partial charge on any atom is 0.417 e. The van der Waals surface area contributed by atoms with Crippen molar-refractivity contribution >= 4 is 28.4 Å². The second kappa shape index (κ2) is 7.55. The lowest BCUT2D eigenvalue weighted by atomic mass is 10.1. The van der Waals surface area contributed by atoms with Crippen LogP contribution >= 0.6 is 0 Å². The number of H-pyrrole nitrogens is 1. The third-order valence-electron chi connectivity index (χ3n) is 6.26. The molecule has 3 aromatic rings. The number of nitrogens with one attached hydrogen (secondary N) is 2. The molecule has 5 rings (SSSR count). The van der Waals surface area contributed by atoms with Crippen molar-refractivity contribution in [1.82, 2.24) is 9.88 Å². The third-order valence-corrected chi connectivity index (χ3v) is 6.26. The quantitative estimate of drug-likeness (QED) is 0.696. The molecule has 7 nitrogen and oxygen atoms in total. The number of aromatic amines is 1. The Balaban J connectivity index is 1.20. The van der Waals surface area contributed by atoms with Gasteiger partial charge in [-0.3, -0.25) is 9.78 Å². The van der Waals surface area contributed by atoms with Crippen molar-refractivity contribution in [3.05, 3.63) is 58.1 Å². The number of fused-ring (bicyclic) bond motifs is 2. The molecule has 1 aromatic heterocycles. The van der Waals surface area contributed by atoms with Crippen LogP contribution in [-0.4, -0.2) is 48.0 Å². The Bertz CT molecular complexity index is 1150. The number of oxazole rings is 1. The number of hydrogen-bond acceptors (Lipinski definition) is 5. The molecule has 7 heteroatoms.